The van der Waals surface area contributed by atoms with Crippen molar-refractivity contribution in [2.45, 2.75) is 39.2 Å². The second kappa shape index (κ2) is 6.12. The van der Waals surface area contributed by atoms with Crippen LogP contribution in [-0.2, 0) is 6.42 Å². The van der Waals surface area contributed by atoms with Crippen LogP contribution >= 0.6 is 11.3 Å². The number of thiazole rings is 1. The molecule has 0 saturated carbocycles. The fraction of sp³-hybridized carbons (Fsp3) is 0.583. The summed E-state index contributed by atoms with van der Waals surface area (Å²) >= 11 is 1.42. The third-order valence-corrected chi connectivity index (χ3v) is 3.85. The number of nitro groups is 1. The Kier molecular flexibility index (Phi) is 4.49. The van der Waals surface area contributed by atoms with Gasteiger partial charge in [-0.25, -0.2) is 0 Å². The van der Waals surface area contributed by atoms with Crippen LogP contribution in [0.25, 0.3) is 4.96 Å². The minimum Gasteiger partial charge on any atom is -0.358 e. The summed E-state index contributed by atoms with van der Waals surface area (Å²) in [6.45, 7) is 5.11. The molecule has 6 nitrogen and oxygen atoms in total. The van der Waals surface area contributed by atoms with E-state index in [-0.39, 0.29) is 16.8 Å². The van der Waals surface area contributed by atoms with E-state index >= 15 is 0 Å². The molecule has 7 heteroatoms. The van der Waals surface area contributed by atoms with Crippen molar-refractivity contribution in [1.82, 2.24) is 14.7 Å². The lowest BCUT2D eigenvalue weighted by atomic mass is 10.1. The molecule has 1 unspecified atom stereocenters. The molecule has 0 aliphatic carbocycles. The van der Waals surface area contributed by atoms with E-state index in [1.165, 1.54) is 11.3 Å². The highest BCUT2D eigenvalue weighted by Crippen LogP contribution is 2.25. The molecule has 0 radical (unpaired) electrons. The van der Waals surface area contributed by atoms with E-state index in [1.807, 2.05) is 5.38 Å². The molecule has 0 amide bonds. The van der Waals surface area contributed by atoms with E-state index in [9.17, 15) is 10.1 Å². The van der Waals surface area contributed by atoms with Gasteiger partial charge in [0.1, 0.15) is 11.9 Å². The lowest BCUT2D eigenvalue weighted by molar-refractivity contribution is -0.391. The molecule has 0 saturated heterocycles. The number of rotatable bonds is 7. The molecule has 0 aliphatic heterocycles. The topological polar surface area (TPSA) is 72.5 Å². The molecule has 104 valence electrons. The average Bonchev–Trinajstić information content (AvgIpc) is 2.93. The van der Waals surface area contributed by atoms with Crippen molar-refractivity contribution in [3.8, 4) is 0 Å². The third kappa shape index (κ3) is 2.93. The minimum absolute atomic E-state index is 0.105. The highest BCUT2D eigenvalue weighted by atomic mass is 32.1. The molecular formula is C12H18N4O2S. The Bertz CT molecular complexity index is 563. The molecule has 0 bridgehead atoms. The smallest absolute Gasteiger partial charge is 0.351 e. The first-order valence-corrected chi connectivity index (χ1v) is 7.37. The van der Waals surface area contributed by atoms with Crippen molar-refractivity contribution < 1.29 is 4.92 Å². The minimum atomic E-state index is -0.339. The van der Waals surface area contributed by atoms with Crippen LogP contribution in [0.2, 0.25) is 0 Å². The number of aromatic nitrogens is 2. The summed E-state index contributed by atoms with van der Waals surface area (Å²) in [4.78, 5) is 15.9. The zero-order valence-corrected chi connectivity index (χ0v) is 11.9. The number of nitrogens with zero attached hydrogens (tertiary/aromatic N) is 3. The number of nitrogens with one attached hydrogen (secondary N) is 1. The van der Waals surface area contributed by atoms with E-state index in [0.717, 1.165) is 19.4 Å². The normalized spacial score (nSPS) is 12.9. The molecule has 0 fully saturated rings. The van der Waals surface area contributed by atoms with Crippen LogP contribution in [0.3, 0.4) is 0 Å². The Morgan fingerprint density at radius 1 is 1.58 bits per heavy atom. The standard InChI is InChI=1S/C12H18N4O2S/c1-3-5-13-9(4-2)8-10-11(16(17)18)15-6-7-19-12(15)14-10/h6-7,9,13H,3-5,8H2,1-2H3. The molecule has 2 heterocycles. The maximum absolute atomic E-state index is 11.2. The van der Waals surface area contributed by atoms with E-state index < -0.39 is 0 Å². The lowest BCUT2D eigenvalue weighted by Gasteiger charge is -2.14. The largest absolute Gasteiger partial charge is 0.358 e. The van der Waals surface area contributed by atoms with E-state index in [2.05, 4.69) is 24.1 Å². The Hall–Kier alpha value is -1.47. The van der Waals surface area contributed by atoms with Crippen molar-refractivity contribution in [3.63, 3.8) is 0 Å². The van der Waals surface area contributed by atoms with Crippen molar-refractivity contribution in [2.75, 3.05) is 6.54 Å². The first kappa shape index (κ1) is 14.0. The SMILES string of the molecule is CCCNC(CC)Cc1nc2sccn2c1[N+](=O)[O-]. The molecule has 0 spiro atoms. The van der Waals surface area contributed by atoms with Crippen LogP contribution in [0.1, 0.15) is 32.4 Å². The highest BCUT2D eigenvalue weighted by molar-refractivity contribution is 7.15. The van der Waals surface area contributed by atoms with Gasteiger partial charge >= 0.3 is 5.82 Å². The molecule has 0 aliphatic rings. The fourth-order valence-corrected chi connectivity index (χ4v) is 2.82. The summed E-state index contributed by atoms with van der Waals surface area (Å²) in [5.41, 5.74) is 0.576. The van der Waals surface area contributed by atoms with Crippen LogP contribution in [-0.4, -0.2) is 26.9 Å². The summed E-state index contributed by atoms with van der Waals surface area (Å²) in [5, 5.41) is 16.4. The van der Waals surface area contributed by atoms with Gasteiger partial charge in [0.15, 0.2) is 0 Å². The second-order valence-electron chi connectivity index (χ2n) is 4.46. The van der Waals surface area contributed by atoms with Crippen LogP contribution in [0, 0.1) is 10.1 Å². The zero-order valence-electron chi connectivity index (χ0n) is 11.1. The molecule has 0 aromatic carbocycles. The summed E-state index contributed by atoms with van der Waals surface area (Å²) in [7, 11) is 0. The van der Waals surface area contributed by atoms with Crippen LogP contribution in [0.4, 0.5) is 5.82 Å². The summed E-state index contributed by atoms with van der Waals surface area (Å²) in [6, 6.07) is 0.239. The van der Waals surface area contributed by atoms with E-state index in [0.29, 0.717) is 17.1 Å². The van der Waals surface area contributed by atoms with Crippen molar-refractivity contribution >= 4 is 22.1 Å². The summed E-state index contributed by atoms with van der Waals surface area (Å²) in [6.07, 6.45) is 4.29. The Morgan fingerprint density at radius 2 is 2.37 bits per heavy atom. The van der Waals surface area contributed by atoms with Gasteiger partial charge in [0.05, 0.1) is 0 Å². The monoisotopic (exact) mass is 282 g/mol. The number of fused-ring (bicyclic) bond motifs is 1. The lowest BCUT2D eigenvalue weighted by Crippen LogP contribution is -2.31. The van der Waals surface area contributed by atoms with Gasteiger partial charge in [-0.2, -0.15) is 9.38 Å². The Balaban J connectivity index is 2.25. The number of hydrogen-bond acceptors (Lipinski definition) is 5. The van der Waals surface area contributed by atoms with Crippen LogP contribution in [0.5, 0.6) is 0 Å². The molecule has 2 aromatic heterocycles. The fourth-order valence-electron chi connectivity index (χ4n) is 2.09. The molecule has 2 aromatic rings. The first-order chi connectivity index (χ1) is 9.17. The molecule has 1 atom stereocenters. The summed E-state index contributed by atoms with van der Waals surface area (Å²) in [5.74, 6) is 0.105. The quantitative estimate of drug-likeness (QED) is 0.626. The maximum Gasteiger partial charge on any atom is 0.351 e. The van der Waals surface area contributed by atoms with Crippen molar-refractivity contribution in [1.29, 1.82) is 0 Å². The number of hydrogen-bond donors (Lipinski definition) is 1. The summed E-state index contributed by atoms with van der Waals surface area (Å²) < 4.78 is 1.56. The van der Waals surface area contributed by atoms with Crippen LogP contribution < -0.4 is 5.32 Å². The average molecular weight is 282 g/mol. The third-order valence-electron chi connectivity index (χ3n) is 3.09. The van der Waals surface area contributed by atoms with Crippen LogP contribution in [0.15, 0.2) is 11.6 Å². The van der Waals surface area contributed by atoms with Crippen molar-refractivity contribution in [3.05, 3.63) is 27.4 Å². The Labute approximate surface area is 115 Å². The predicted molar refractivity (Wildman–Crippen MR) is 75.8 cm³/mol. The van der Waals surface area contributed by atoms with Gasteiger partial charge in [0.2, 0.25) is 0 Å². The predicted octanol–water partition coefficient (Wildman–Crippen LogP) is 2.62. The van der Waals surface area contributed by atoms with E-state index in [1.54, 1.807) is 10.6 Å². The van der Waals surface area contributed by atoms with Gasteiger partial charge in [-0.3, -0.25) is 0 Å². The highest BCUT2D eigenvalue weighted by Gasteiger charge is 2.25. The Morgan fingerprint density at radius 3 is 3.00 bits per heavy atom. The van der Waals surface area contributed by atoms with Gasteiger partial charge in [0.25, 0.3) is 4.96 Å². The first-order valence-electron chi connectivity index (χ1n) is 6.49. The second-order valence-corrected chi connectivity index (χ2v) is 5.33. The molecular weight excluding hydrogens is 264 g/mol. The molecule has 1 N–H and O–H groups in total. The molecule has 19 heavy (non-hydrogen) atoms. The van der Waals surface area contributed by atoms with Gasteiger partial charge in [-0.1, -0.05) is 25.2 Å². The molecule has 2 rings (SSSR count). The maximum atomic E-state index is 11.2. The van der Waals surface area contributed by atoms with Gasteiger partial charge in [-0.15, -0.1) is 0 Å². The van der Waals surface area contributed by atoms with E-state index in [4.69, 9.17) is 0 Å². The van der Waals surface area contributed by atoms with Gasteiger partial charge < -0.3 is 15.4 Å². The number of imidazole rings is 1. The van der Waals surface area contributed by atoms with Gasteiger partial charge in [0, 0.05) is 17.8 Å². The van der Waals surface area contributed by atoms with Gasteiger partial charge in [-0.05, 0) is 24.3 Å². The van der Waals surface area contributed by atoms with Crippen molar-refractivity contribution in [2.24, 2.45) is 0 Å². The zero-order chi connectivity index (χ0) is 13.8.